The molecule has 0 spiro atoms. The Hall–Kier alpha value is -4.38. The Labute approximate surface area is 205 Å². The second-order valence-corrected chi connectivity index (χ2v) is 8.92. The van der Waals surface area contributed by atoms with Crippen LogP contribution in [0.1, 0.15) is 38.4 Å². The SMILES string of the molecule is Cc1cccc(Cn2cc(/C=N\NC(=O)c3cccc(-n4c(C)ccc4C)c3)c3ccccc32)c1. The highest BCUT2D eigenvalue weighted by Gasteiger charge is 2.10. The summed E-state index contributed by atoms with van der Waals surface area (Å²) in [6.45, 7) is 6.99. The van der Waals surface area contributed by atoms with Gasteiger partial charge in [-0.1, -0.05) is 54.1 Å². The molecule has 0 atom stereocenters. The van der Waals surface area contributed by atoms with Crippen LogP contribution in [0.4, 0.5) is 0 Å². The molecule has 1 N–H and O–H groups in total. The fourth-order valence-corrected chi connectivity index (χ4v) is 4.60. The highest BCUT2D eigenvalue weighted by Crippen LogP contribution is 2.22. The monoisotopic (exact) mass is 460 g/mol. The van der Waals surface area contributed by atoms with Crippen molar-refractivity contribution >= 4 is 23.0 Å². The summed E-state index contributed by atoms with van der Waals surface area (Å²) in [5.74, 6) is -0.242. The van der Waals surface area contributed by atoms with Gasteiger partial charge < -0.3 is 9.13 Å². The zero-order valence-corrected chi connectivity index (χ0v) is 20.2. The lowest BCUT2D eigenvalue weighted by molar-refractivity contribution is 0.0955. The standard InChI is InChI=1S/C30H28N4O/c1-21-8-6-9-24(16-21)19-33-20-26(28-12-4-5-13-29(28)33)18-31-32-30(35)25-10-7-11-27(17-25)34-22(2)14-15-23(34)3/h4-18,20H,19H2,1-3H3,(H,32,35)/b31-18-. The number of benzene rings is 3. The van der Waals surface area contributed by atoms with Crippen LogP contribution in [-0.4, -0.2) is 21.3 Å². The molecule has 0 aliphatic heterocycles. The maximum atomic E-state index is 12.8. The predicted octanol–water partition coefficient (Wildman–Crippen LogP) is 6.17. The van der Waals surface area contributed by atoms with Crippen LogP contribution < -0.4 is 5.43 Å². The molecule has 5 rings (SSSR count). The Morgan fingerprint density at radius 3 is 2.46 bits per heavy atom. The quantitative estimate of drug-likeness (QED) is 0.239. The number of hydrazone groups is 1. The second-order valence-electron chi connectivity index (χ2n) is 8.92. The number of carbonyl (C=O) groups is 1. The van der Waals surface area contributed by atoms with Crippen LogP contribution in [0.5, 0.6) is 0 Å². The Bertz CT molecular complexity index is 1530. The third kappa shape index (κ3) is 4.66. The van der Waals surface area contributed by atoms with Crippen LogP contribution in [0, 0.1) is 20.8 Å². The zero-order valence-electron chi connectivity index (χ0n) is 20.2. The van der Waals surface area contributed by atoms with Crippen molar-refractivity contribution in [2.75, 3.05) is 0 Å². The third-order valence-corrected chi connectivity index (χ3v) is 6.26. The van der Waals surface area contributed by atoms with E-state index >= 15 is 0 Å². The number of para-hydroxylation sites is 1. The van der Waals surface area contributed by atoms with Crippen molar-refractivity contribution in [1.82, 2.24) is 14.6 Å². The average molecular weight is 461 g/mol. The van der Waals surface area contributed by atoms with Crippen molar-refractivity contribution in [2.45, 2.75) is 27.3 Å². The van der Waals surface area contributed by atoms with Crippen molar-refractivity contribution in [1.29, 1.82) is 0 Å². The molecule has 174 valence electrons. The summed E-state index contributed by atoms with van der Waals surface area (Å²) >= 11 is 0. The van der Waals surface area contributed by atoms with Gasteiger partial charge in [-0.05, 0) is 62.7 Å². The minimum absolute atomic E-state index is 0.242. The van der Waals surface area contributed by atoms with Gasteiger partial charge in [-0.25, -0.2) is 5.43 Å². The van der Waals surface area contributed by atoms with Crippen LogP contribution in [-0.2, 0) is 6.54 Å². The van der Waals surface area contributed by atoms with E-state index in [-0.39, 0.29) is 5.91 Å². The number of amides is 1. The van der Waals surface area contributed by atoms with Gasteiger partial charge in [0.15, 0.2) is 0 Å². The summed E-state index contributed by atoms with van der Waals surface area (Å²) in [5.41, 5.74) is 11.0. The minimum Gasteiger partial charge on any atom is -0.342 e. The lowest BCUT2D eigenvalue weighted by Crippen LogP contribution is -2.18. The van der Waals surface area contributed by atoms with Gasteiger partial charge in [0.05, 0.1) is 6.21 Å². The average Bonchev–Trinajstić information content (AvgIpc) is 3.38. The Morgan fingerprint density at radius 1 is 0.886 bits per heavy atom. The number of rotatable bonds is 6. The molecule has 5 heteroatoms. The first kappa shape index (κ1) is 22.4. The summed E-state index contributed by atoms with van der Waals surface area (Å²) in [4.78, 5) is 12.8. The molecule has 0 aliphatic rings. The zero-order chi connectivity index (χ0) is 24.4. The maximum absolute atomic E-state index is 12.8. The van der Waals surface area contributed by atoms with E-state index in [4.69, 9.17) is 0 Å². The number of carbonyl (C=O) groups excluding carboxylic acids is 1. The fourth-order valence-electron chi connectivity index (χ4n) is 4.60. The van der Waals surface area contributed by atoms with E-state index in [1.165, 1.54) is 11.1 Å². The molecular weight excluding hydrogens is 432 g/mol. The molecule has 0 bridgehead atoms. The molecule has 0 aliphatic carbocycles. The van der Waals surface area contributed by atoms with E-state index < -0.39 is 0 Å². The molecule has 0 saturated heterocycles. The summed E-state index contributed by atoms with van der Waals surface area (Å²) in [6.07, 6.45) is 3.80. The number of nitrogens with zero attached hydrogens (tertiary/aromatic N) is 3. The Morgan fingerprint density at radius 2 is 1.66 bits per heavy atom. The summed E-state index contributed by atoms with van der Waals surface area (Å²) < 4.78 is 4.35. The molecule has 3 aromatic carbocycles. The minimum atomic E-state index is -0.242. The van der Waals surface area contributed by atoms with Crippen molar-refractivity contribution in [2.24, 2.45) is 5.10 Å². The number of hydrogen-bond acceptors (Lipinski definition) is 2. The van der Waals surface area contributed by atoms with Gasteiger partial charge in [0, 0.05) is 51.8 Å². The third-order valence-electron chi connectivity index (χ3n) is 6.26. The van der Waals surface area contributed by atoms with Crippen LogP contribution in [0.25, 0.3) is 16.6 Å². The van der Waals surface area contributed by atoms with Crippen LogP contribution in [0.15, 0.2) is 96.2 Å². The van der Waals surface area contributed by atoms with Gasteiger partial charge in [-0.3, -0.25) is 4.79 Å². The molecule has 0 fully saturated rings. The summed E-state index contributed by atoms with van der Waals surface area (Å²) in [5, 5.41) is 5.38. The van der Waals surface area contributed by atoms with Gasteiger partial charge in [0.1, 0.15) is 0 Å². The topological polar surface area (TPSA) is 51.3 Å². The van der Waals surface area contributed by atoms with Gasteiger partial charge in [-0.2, -0.15) is 5.10 Å². The summed E-state index contributed by atoms with van der Waals surface area (Å²) in [6, 6.07) is 28.5. The molecule has 35 heavy (non-hydrogen) atoms. The van der Waals surface area contributed by atoms with E-state index in [0.29, 0.717) is 5.56 Å². The first-order valence-electron chi connectivity index (χ1n) is 11.7. The normalized spacial score (nSPS) is 11.4. The van der Waals surface area contributed by atoms with Crippen molar-refractivity contribution in [3.05, 3.63) is 125 Å². The number of fused-ring (bicyclic) bond motifs is 1. The lowest BCUT2D eigenvalue weighted by atomic mass is 10.1. The number of aromatic nitrogens is 2. The van der Waals surface area contributed by atoms with Gasteiger partial charge >= 0.3 is 0 Å². The van der Waals surface area contributed by atoms with E-state index in [1.54, 1.807) is 12.3 Å². The first-order chi connectivity index (χ1) is 17.0. The molecule has 0 saturated carbocycles. The van der Waals surface area contributed by atoms with E-state index in [1.807, 2.05) is 30.3 Å². The summed E-state index contributed by atoms with van der Waals surface area (Å²) in [7, 11) is 0. The molecule has 0 unspecified atom stereocenters. The van der Waals surface area contributed by atoms with Crippen LogP contribution in [0.2, 0.25) is 0 Å². The highest BCUT2D eigenvalue weighted by molar-refractivity contribution is 6.00. The number of aryl methyl sites for hydroxylation is 3. The smallest absolute Gasteiger partial charge is 0.271 e. The largest absolute Gasteiger partial charge is 0.342 e. The van der Waals surface area contributed by atoms with Gasteiger partial charge in [-0.15, -0.1) is 0 Å². The fraction of sp³-hybridized carbons (Fsp3) is 0.133. The first-order valence-corrected chi connectivity index (χ1v) is 11.7. The molecule has 5 nitrogen and oxygen atoms in total. The Kier molecular flexibility index (Phi) is 6.06. The van der Waals surface area contributed by atoms with Crippen LogP contribution >= 0.6 is 0 Å². The van der Waals surface area contributed by atoms with Crippen molar-refractivity contribution in [3.63, 3.8) is 0 Å². The maximum Gasteiger partial charge on any atom is 0.271 e. The van der Waals surface area contributed by atoms with Crippen molar-refractivity contribution in [3.8, 4) is 5.69 Å². The second kappa shape index (κ2) is 9.47. The van der Waals surface area contributed by atoms with Crippen LogP contribution in [0.3, 0.4) is 0 Å². The van der Waals surface area contributed by atoms with E-state index in [2.05, 4.69) is 95.2 Å². The van der Waals surface area contributed by atoms with Crippen molar-refractivity contribution < 1.29 is 4.79 Å². The van der Waals surface area contributed by atoms with E-state index in [9.17, 15) is 4.79 Å². The highest BCUT2D eigenvalue weighted by atomic mass is 16.2. The Balaban J connectivity index is 1.36. The number of nitrogens with one attached hydrogen (secondary N) is 1. The molecule has 0 radical (unpaired) electrons. The molecule has 5 aromatic rings. The molecule has 1 amide bonds. The van der Waals surface area contributed by atoms with E-state index in [0.717, 1.165) is 40.1 Å². The molecule has 2 aromatic heterocycles. The van der Waals surface area contributed by atoms with Gasteiger partial charge in [0.25, 0.3) is 5.91 Å². The van der Waals surface area contributed by atoms with Gasteiger partial charge in [0.2, 0.25) is 0 Å². The number of hydrogen-bond donors (Lipinski definition) is 1. The molecule has 2 heterocycles. The lowest BCUT2D eigenvalue weighted by Gasteiger charge is -2.10. The predicted molar refractivity (Wildman–Crippen MR) is 143 cm³/mol. The molecular formula is C30H28N4O.